The van der Waals surface area contributed by atoms with Gasteiger partial charge in [0.15, 0.2) is 0 Å². The van der Waals surface area contributed by atoms with Gasteiger partial charge in [0.2, 0.25) is 5.91 Å². The van der Waals surface area contributed by atoms with Crippen LogP contribution >= 0.6 is 11.3 Å². The molecule has 2 fully saturated rings. The first-order valence-electron chi connectivity index (χ1n) is 8.16. The molecule has 2 atom stereocenters. The standard InChI is InChI=1S/C17H26N2OS/c1-13-8-14(2)10-19(9-13)17(20)12-18(15-5-6-15)11-16-4-3-7-21-16/h3-4,7,13-15H,5-6,8-12H2,1-2H3. The number of carbonyl (C=O) groups excluding carboxylic acids is 1. The summed E-state index contributed by atoms with van der Waals surface area (Å²) in [7, 11) is 0. The van der Waals surface area contributed by atoms with Crippen LogP contribution in [0.3, 0.4) is 0 Å². The van der Waals surface area contributed by atoms with Crippen molar-refractivity contribution in [1.82, 2.24) is 9.80 Å². The minimum atomic E-state index is 0.330. The van der Waals surface area contributed by atoms with Gasteiger partial charge in [-0.25, -0.2) is 0 Å². The topological polar surface area (TPSA) is 23.6 Å². The van der Waals surface area contributed by atoms with Crippen molar-refractivity contribution in [2.45, 2.75) is 45.7 Å². The van der Waals surface area contributed by atoms with Gasteiger partial charge in [-0.15, -0.1) is 11.3 Å². The van der Waals surface area contributed by atoms with E-state index in [2.05, 4.69) is 41.2 Å². The first kappa shape index (κ1) is 15.0. The Labute approximate surface area is 131 Å². The highest BCUT2D eigenvalue weighted by atomic mass is 32.1. The number of rotatable bonds is 5. The number of hydrogen-bond donors (Lipinski definition) is 0. The van der Waals surface area contributed by atoms with Gasteiger partial charge < -0.3 is 4.90 Å². The molecule has 0 aromatic carbocycles. The van der Waals surface area contributed by atoms with Crippen molar-refractivity contribution >= 4 is 17.2 Å². The normalized spacial score (nSPS) is 26.3. The summed E-state index contributed by atoms with van der Waals surface area (Å²) in [5, 5.41) is 2.12. The molecule has 1 aromatic rings. The average molecular weight is 306 g/mol. The van der Waals surface area contributed by atoms with E-state index in [4.69, 9.17) is 0 Å². The molecule has 4 heteroatoms. The number of thiophene rings is 1. The van der Waals surface area contributed by atoms with Gasteiger partial charge in [0, 0.05) is 30.6 Å². The predicted molar refractivity (Wildman–Crippen MR) is 87.3 cm³/mol. The first-order chi connectivity index (χ1) is 10.1. The van der Waals surface area contributed by atoms with Crippen LogP contribution < -0.4 is 0 Å². The maximum Gasteiger partial charge on any atom is 0.236 e. The van der Waals surface area contributed by atoms with Crippen LogP contribution in [-0.2, 0) is 11.3 Å². The minimum absolute atomic E-state index is 0.330. The van der Waals surface area contributed by atoms with Crippen LogP contribution in [0.2, 0.25) is 0 Å². The van der Waals surface area contributed by atoms with Gasteiger partial charge in [-0.1, -0.05) is 19.9 Å². The summed E-state index contributed by atoms with van der Waals surface area (Å²) in [4.78, 5) is 18.5. The fourth-order valence-electron chi connectivity index (χ4n) is 3.50. The fourth-order valence-corrected chi connectivity index (χ4v) is 4.23. The number of hydrogen-bond acceptors (Lipinski definition) is 3. The zero-order valence-corrected chi connectivity index (χ0v) is 13.9. The van der Waals surface area contributed by atoms with Crippen molar-refractivity contribution in [2.75, 3.05) is 19.6 Å². The fraction of sp³-hybridized carbons (Fsp3) is 0.706. The second kappa shape index (κ2) is 6.49. The second-order valence-corrected chi connectivity index (χ2v) is 7.99. The molecule has 3 rings (SSSR count). The number of amides is 1. The van der Waals surface area contributed by atoms with E-state index >= 15 is 0 Å². The third kappa shape index (κ3) is 4.07. The van der Waals surface area contributed by atoms with E-state index in [1.165, 1.54) is 24.1 Å². The van der Waals surface area contributed by atoms with Gasteiger partial charge in [-0.2, -0.15) is 0 Å². The van der Waals surface area contributed by atoms with Crippen molar-refractivity contribution in [3.63, 3.8) is 0 Å². The van der Waals surface area contributed by atoms with Gasteiger partial charge in [-0.05, 0) is 42.5 Å². The molecule has 1 aliphatic carbocycles. The number of likely N-dealkylation sites (tertiary alicyclic amines) is 1. The highest BCUT2D eigenvalue weighted by Crippen LogP contribution is 2.29. The largest absolute Gasteiger partial charge is 0.341 e. The van der Waals surface area contributed by atoms with Crippen LogP contribution in [0.15, 0.2) is 17.5 Å². The molecule has 2 heterocycles. The highest BCUT2D eigenvalue weighted by molar-refractivity contribution is 7.09. The van der Waals surface area contributed by atoms with Crippen LogP contribution in [-0.4, -0.2) is 41.4 Å². The predicted octanol–water partition coefficient (Wildman–Crippen LogP) is 3.22. The van der Waals surface area contributed by atoms with Gasteiger partial charge in [-0.3, -0.25) is 9.69 Å². The Balaban J connectivity index is 1.58. The van der Waals surface area contributed by atoms with Crippen LogP contribution in [0.5, 0.6) is 0 Å². The second-order valence-electron chi connectivity index (χ2n) is 6.96. The average Bonchev–Trinajstić information content (AvgIpc) is 3.15. The molecular weight excluding hydrogens is 280 g/mol. The Morgan fingerprint density at radius 2 is 2.05 bits per heavy atom. The lowest BCUT2D eigenvalue weighted by molar-refractivity contribution is -0.135. The molecule has 0 spiro atoms. The number of piperidine rings is 1. The summed E-state index contributed by atoms with van der Waals surface area (Å²) in [6, 6.07) is 4.91. The molecule has 1 aliphatic heterocycles. The van der Waals surface area contributed by atoms with Crippen LogP contribution in [0.4, 0.5) is 0 Å². The first-order valence-corrected chi connectivity index (χ1v) is 9.04. The molecule has 1 saturated heterocycles. The number of nitrogens with zero attached hydrogens (tertiary/aromatic N) is 2. The Morgan fingerprint density at radius 3 is 2.62 bits per heavy atom. The van der Waals surface area contributed by atoms with E-state index in [-0.39, 0.29) is 0 Å². The molecule has 1 saturated carbocycles. The zero-order chi connectivity index (χ0) is 14.8. The molecular formula is C17H26N2OS. The molecule has 1 aromatic heterocycles. The van der Waals surface area contributed by atoms with Gasteiger partial charge in [0.1, 0.15) is 0 Å². The summed E-state index contributed by atoms with van der Waals surface area (Å²) >= 11 is 1.79. The molecule has 3 nitrogen and oxygen atoms in total. The molecule has 0 N–H and O–H groups in total. The summed E-state index contributed by atoms with van der Waals surface area (Å²) in [6.45, 7) is 7.96. The third-order valence-corrected chi connectivity index (χ3v) is 5.42. The zero-order valence-electron chi connectivity index (χ0n) is 13.1. The molecule has 2 unspecified atom stereocenters. The van der Waals surface area contributed by atoms with E-state index in [1.807, 2.05) is 0 Å². The Hall–Kier alpha value is -0.870. The maximum atomic E-state index is 12.6. The van der Waals surface area contributed by atoms with Crippen molar-refractivity contribution < 1.29 is 4.79 Å². The van der Waals surface area contributed by atoms with Gasteiger partial charge in [0.05, 0.1) is 6.54 Å². The summed E-state index contributed by atoms with van der Waals surface area (Å²) in [5.74, 6) is 1.62. The number of carbonyl (C=O) groups is 1. The summed E-state index contributed by atoms with van der Waals surface area (Å²) in [5.41, 5.74) is 0. The Bertz CT molecular complexity index is 459. The third-order valence-electron chi connectivity index (χ3n) is 4.56. The van der Waals surface area contributed by atoms with Crippen LogP contribution in [0.1, 0.15) is 38.0 Å². The van der Waals surface area contributed by atoms with E-state index in [1.54, 1.807) is 11.3 Å². The molecule has 0 bridgehead atoms. The SMILES string of the molecule is CC1CC(C)CN(C(=O)CN(Cc2cccs2)C2CC2)C1. The van der Waals surface area contributed by atoms with Gasteiger partial charge in [0.25, 0.3) is 0 Å². The summed E-state index contributed by atoms with van der Waals surface area (Å²) in [6.07, 6.45) is 3.77. The lowest BCUT2D eigenvalue weighted by atomic mass is 9.92. The van der Waals surface area contributed by atoms with Crippen molar-refractivity contribution in [3.05, 3.63) is 22.4 Å². The monoisotopic (exact) mass is 306 g/mol. The molecule has 116 valence electrons. The highest BCUT2D eigenvalue weighted by Gasteiger charge is 2.33. The van der Waals surface area contributed by atoms with Gasteiger partial charge >= 0.3 is 0 Å². The molecule has 2 aliphatic rings. The van der Waals surface area contributed by atoms with E-state index in [0.717, 1.165) is 19.6 Å². The quantitative estimate of drug-likeness (QED) is 0.834. The molecule has 1 amide bonds. The lowest BCUT2D eigenvalue weighted by Gasteiger charge is -2.36. The van der Waals surface area contributed by atoms with Crippen molar-refractivity contribution in [1.29, 1.82) is 0 Å². The van der Waals surface area contributed by atoms with E-state index in [9.17, 15) is 4.79 Å². The van der Waals surface area contributed by atoms with E-state index in [0.29, 0.717) is 30.3 Å². The Morgan fingerprint density at radius 1 is 1.33 bits per heavy atom. The smallest absolute Gasteiger partial charge is 0.236 e. The molecule has 21 heavy (non-hydrogen) atoms. The van der Waals surface area contributed by atoms with Crippen molar-refractivity contribution in [3.8, 4) is 0 Å². The van der Waals surface area contributed by atoms with Crippen molar-refractivity contribution in [2.24, 2.45) is 11.8 Å². The van der Waals surface area contributed by atoms with E-state index < -0.39 is 0 Å². The lowest BCUT2D eigenvalue weighted by Crippen LogP contribution is -2.47. The Kier molecular flexibility index (Phi) is 4.65. The summed E-state index contributed by atoms with van der Waals surface area (Å²) < 4.78 is 0. The van der Waals surface area contributed by atoms with Crippen LogP contribution in [0.25, 0.3) is 0 Å². The maximum absolute atomic E-state index is 12.6. The van der Waals surface area contributed by atoms with Crippen LogP contribution in [0, 0.1) is 11.8 Å². The molecule has 0 radical (unpaired) electrons. The minimum Gasteiger partial charge on any atom is -0.341 e.